The Labute approximate surface area is 214 Å². The molecule has 0 bridgehead atoms. The van der Waals surface area contributed by atoms with Gasteiger partial charge in [0.2, 0.25) is 5.91 Å². The van der Waals surface area contributed by atoms with Crippen LogP contribution in [0.5, 0.6) is 11.5 Å². The minimum absolute atomic E-state index is 0.0360. The van der Waals surface area contributed by atoms with E-state index in [0.717, 1.165) is 60.4 Å². The number of likely N-dealkylation sites (N-methyl/N-ethyl adjacent to an activating group) is 1. The molecule has 2 aromatic heterocycles. The molecular weight excluding hydrogens is 476 g/mol. The number of amides is 2. The summed E-state index contributed by atoms with van der Waals surface area (Å²) < 4.78 is 6.99. The molecular formula is C26H32N6O3S. The molecule has 1 aliphatic carbocycles. The third-order valence-electron chi connectivity index (χ3n) is 7.01. The molecule has 1 aromatic carbocycles. The number of nitrogens with zero attached hydrogens (tertiary/aromatic N) is 3. The Morgan fingerprint density at radius 3 is 2.58 bits per heavy atom. The van der Waals surface area contributed by atoms with Gasteiger partial charge in [-0.3, -0.25) is 19.5 Å². The van der Waals surface area contributed by atoms with Crippen molar-refractivity contribution in [3.8, 4) is 11.5 Å². The van der Waals surface area contributed by atoms with Crippen molar-refractivity contribution < 1.29 is 14.3 Å². The molecule has 3 heterocycles. The number of pyridine rings is 1. The number of carbonyl (C=O) groups excluding carboxylic acids is 2. The van der Waals surface area contributed by atoms with E-state index in [1.807, 2.05) is 25.2 Å². The van der Waals surface area contributed by atoms with Crippen LogP contribution in [0.4, 0.5) is 5.13 Å². The van der Waals surface area contributed by atoms with E-state index in [1.54, 1.807) is 36.7 Å². The number of hydrogen-bond donors (Lipinski definition) is 3. The third kappa shape index (κ3) is 5.60. The summed E-state index contributed by atoms with van der Waals surface area (Å²) in [6, 6.07) is 9.77. The summed E-state index contributed by atoms with van der Waals surface area (Å²) in [4.78, 5) is 35.4. The largest absolute Gasteiger partial charge is 0.457 e. The second-order valence-electron chi connectivity index (χ2n) is 9.55. The van der Waals surface area contributed by atoms with Crippen LogP contribution in [-0.4, -0.2) is 65.4 Å². The zero-order valence-electron chi connectivity index (χ0n) is 20.6. The lowest BCUT2D eigenvalue weighted by atomic mass is 9.91. The molecule has 3 N–H and O–H groups in total. The van der Waals surface area contributed by atoms with Gasteiger partial charge < -0.3 is 20.7 Å². The zero-order chi connectivity index (χ0) is 25.1. The van der Waals surface area contributed by atoms with Gasteiger partial charge in [-0.15, -0.1) is 0 Å². The topological polar surface area (TPSA) is 108 Å². The van der Waals surface area contributed by atoms with Crippen molar-refractivity contribution in [3.63, 3.8) is 0 Å². The van der Waals surface area contributed by atoms with Gasteiger partial charge in [-0.2, -0.15) is 0 Å². The third-order valence-corrected chi connectivity index (χ3v) is 7.96. The van der Waals surface area contributed by atoms with E-state index in [4.69, 9.17) is 9.72 Å². The number of carbonyl (C=O) groups is 2. The van der Waals surface area contributed by atoms with Gasteiger partial charge in [0.15, 0.2) is 5.13 Å². The van der Waals surface area contributed by atoms with E-state index in [9.17, 15) is 9.59 Å². The highest BCUT2D eigenvalue weighted by atomic mass is 32.1. The Kier molecular flexibility index (Phi) is 7.33. The smallest absolute Gasteiger partial charge is 0.269 e. The van der Waals surface area contributed by atoms with Gasteiger partial charge in [0.05, 0.1) is 16.3 Å². The van der Waals surface area contributed by atoms with Crippen molar-refractivity contribution in [1.82, 2.24) is 25.5 Å². The summed E-state index contributed by atoms with van der Waals surface area (Å²) >= 11 is 1.60. The van der Waals surface area contributed by atoms with Gasteiger partial charge in [0, 0.05) is 37.5 Å². The van der Waals surface area contributed by atoms with Crippen LogP contribution in [0.25, 0.3) is 10.2 Å². The van der Waals surface area contributed by atoms with Crippen molar-refractivity contribution in [2.45, 2.75) is 56.7 Å². The average molecular weight is 509 g/mol. The molecule has 190 valence electrons. The molecule has 1 saturated carbocycles. The van der Waals surface area contributed by atoms with E-state index in [-0.39, 0.29) is 23.9 Å². The number of hydrogen-bond acceptors (Lipinski definition) is 8. The number of ether oxygens (including phenoxy) is 1. The summed E-state index contributed by atoms with van der Waals surface area (Å²) in [5.41, 5.74) is 1.22. The second-order valence-corrected chi connectivity index (χ2v) is 10.6. The van der Waals surface area contributed by atoms with Crippen LogP contribution >= 0.6 is 11.3 Å². The summed E-state index contributed by atoms with van der Waals surface area (Å²) in [5, 5.41) is 10.3. The Hall–Kier alpha value is -3.24. The Morgan fingerprint density at radius 2 is 1.83 bits per heavy atom. The monoisotopic (exact) mass is 508 g/mol. The molecule has 5 rings (SSSR count). The molecule has 2 aliphatic rings. The molecule has 1 atom stereocenters. The number of aromatic nitrogens is 2. The lowest BCUT2D eigenvalue weighted by molar-refractivity contribution is -0.126. The Bertz CT molecular complexity index is 1240. The van der Waals surface area contributed by atoms with E-state index in [1.165, 1.54) is 0 Å². The predicted octanol–water partition coefficient (Wildman–Crippen LogP) is 3.78. The first-order valence-corrected chi connectivity index (χ1v) is 13.3. The minimum Gasteiger partial charge on any atom is -0.457 e. The van der Waals surface area contributed by atoms with E-state index >= 15 is 0 Å². The zero-order valence-corrected chi connectivity index (χ0v) is 21.4. The predicted molar refractivity (Wildman–Crippen MR) is 141 cm³/mol. The Morgan fingerprint density at radius 1 is 1.06 bits per heavy atom. The molecule has 2 fully saturated rings. The standard InChI is InChI=1S/C26H32N6O3S/c1-27-24(33)21-14-19(11-12-28-21)35-18-9-10-20-23(15-18)36-26(31-20)30-17-7-5-16(6-8-17)29-25(34)22-4-3-13-32(22)2/h9-12,14-17,22H,3-8,13H2,1-2H3,(H,27,33)(H,29,34)(H,30,31)/t16?,17?,22-/m0/s1. The van der Waals surface area contributed by atoms with Gasteiger partial charge in [-0.1, -0.05) is 11.3 Å². The molecule has 0 radical (unpaired) electrons. The maximum atomic E-state index is 12.6. The summed E-state index contributed by atoms with van der Waals surface area (Å²) in [6.45, 7) is 1.01. The Balaban J connectivity index is 1.16. The van der Waals surface area contributed by atoms with Gasteiger partial charge in [-0.25, -0.2) is 4.98 Å². The van der Waals surface area contributed by atoms with Gasteiger partial charge in [-0.05, 0) is 70.3 Å². The van der Waals surface area contributed by atoms with Crippen LogP contribution in [0.15, 0.2) is 36.5 Å². The number of thiazole rings is 1. The first-order valence-electron chi connectivity index (χ1n) is 12.5. The first kappa shape index (κ1) is 24.5. The lowest BCUT2D eigenvalue weighted by Gasteiger charge is -2.31. The van der Waals surface area contributed by atoms with Crippen molar-refractivity contribution in [2.75, 3.05) is 26.0 Å². The normalized spacial score (nSPS) is 22.3. The molecule has 1 saturated heterocycles. The molecule has 1 aliphatic heterocycles. The van der Waals surface area contributed by atoms with Crippen molar-refractivity contribution in [3.05, 3.63) is 42.2 Å². The van der Waals surface area contributed by atoms with Crippen LogP contribution < -0.4 is 20.7 Å². The summed E-state index contributed by atoms with van der Waals surface area (Å²) in [7, 11) is 3.61. The molecule has 0 unspecified atom stereocenters. The average Bonchev–Trinajstić information content (AvgIpc) is 3.50. The van der Waals surface area contributed by atoms with E-state index in [2.05, 4.69) is 25.8 Å². The van der Waals surface area contributed by atoms with Crippen molar-refractivity contribution in [1.29, 1.82) is 0 Å². The highest BCUT2D eigenvalue weighted by Gasteiger charge is 2.30. The lowest BCUT2D eigenvalue weighted by Crippen LogP contribution is -2.47. The van der Waals surface area contributed by atoms with E-state index in [0.29, 0.717) is 23.2 Å². The van der Waals surface area contributed by atoms with Crippen LogP contribution in [0.3, 0.4) is 0 Å². The SMILES string of the molecule is CNC(=O)c1cc(Oc2ccc3nc(NC4CCC(NC(=O)[C@@H]5CCCN5C)CC4)sc3c2)ccn1. The molecule has 36 heavy (non-hydrogen) atoms. The van der Waals surface area contributed by atoms with Gasteiger partial charge in [0.1, 0.15) is 17.2 Å². The quantitative estimate of drug-likeness (QED) is 0.446. The molecule has 9 nitrogen and oxygen atoms in total. The fraction of sp³-hybridized carbons (Fsp3) is 0.462. The fourth-order valence-corrected chi connectivity index (χ4v) is 5.96. The summed E-state index contributed by atoms with van der Waals surface area (Å²) in [6.07, 6.45) is 7.59. The van der Waals surface area contributed by atoms with Gasteiger partial charge in [0.25, 0.3) is 5.91 Å². The molecule has 0 spiro atoms. The highest BCUT2D eigenvalue weighted by molar-refractivity contribution is 7.22. The number of rotatable bonds is 7. The van der Waals surface area contributed by atoms with E-state index < -0.39 is 0 Å². The maximum absolute atomic E-state index is 12.6. The number of likely N-dealkylation sites (tertiary alicyclic amines) is 1. The van der Waals surface area contributed by atoms with Crippen molar-refractivity contribution in [2.24, 2.45) is 0 Å². The first-order chi connectivity index (χ1) is 17.5. The maximum Gasteiger partial charge on any atom is 0.269 e. The fourth-order valence-electron chi connectivity index (χ4n) is 4.99. The minimum atomic E-state index is -0.257. The number of nitrogens with one attached hydrogen (secondary N) is 3. The molecule has 3 aromatic rings. The second kappa shape index (κ2) is 10.8. The van der Waals surface area contributed by atoms with Crippen LogP contribution in [-0.2, 0) is 4.79 Å². The van der Waals surface area contributed by atoms with Gasteiger partial charge >= 0.3 is 0 Å². The molecule has 2 amide bonds. The van der Waals surface area contributed by atoms with Crippen molar-refractivity contribution >= 4 is 38.5 Å². The number of benzene rings is 1. The van der Waals surface area contributed by atoms with Crippen LogP contribution in [0.1, 0.15) is 49.0 Å². The van der Waals surface area contributed by atoms with Crippen LogP contribution in [0.2, 0.25) is 0 Å². The number of fused-ring (bicyclic) bond motifs is 1. The highest BCUT2D eigenvalue weighted by Crippen LogP contribution is 2.33. The van der Waals surface area contributed by atoms with Crippen LogP contribution in [0, 0.1) is 0 Å². The number of anilines is 1. The molecule has 10 heteroatoms. The summed E-state index contributed by atoms with van der Waals surface area (Å²) in [5.74, 6) is 1.16.